The Morgan fingerprint density at radius 2 is 0.559 bits per heavy atom. The van der Waals surface area contributed by atoms with Gasteiger partial charge in [-0.05, 0) is 79.5 Å². The summed E-state index contributed by atoms with van der Waals surface area (Å²) < 4.78 is 0. The van der Waals surface area contributed by atoms with Gasteiger partial charge in [0, 0.05) is 0 Å². The highest BCUT2D eigenvalue weighted by molar-refractivity contribution is 6.08. The van der Waals surface area contributed by atoms with Crippen molar-refractivity contribution in [3.05, 3.63) is 84.9 Å². The number of fused-ring (bicyclic) bond motifs is 4. The van der Waals surface area contributed by atoms with E-state index in [9.17, 15) is 0 Å². The second-order valence-corrected chi connectivity index (χ2v) is 9.77. The molecule has 0 heteroatoms. The highest BCUT2D eigenvalue weighted by Crippen LogP contribution is 2.30. The third-order valence-corrected chi connectivity index (χ3v) is 6.98. The largest absolute Gasteiger partial charge is 0.0654 e. The van der Waals surface area contributed by atoms with E-state index < -0.39 is 0 Å². The third-order valence-electron chi connectivity index (χ3n) is 6.98. The summed E-state index contributed by atoms with van der Waals surface area (Å²) in [6.45, 7) is 4.56. The Bertz CT molecular complexity index is 1130. The lowest BCUT2D eigenvalue weighted by Gasteiger charge is -2.07. The fourth-order valence-corrected chi connectivity index (χ4v) is 4.95. The van der Waals surface area contributed by atoms with Crippen molar-refractivity contribution >= 4 is 43.1 Å². The molecule has 0 N–H and O–H groups in total. The van der Waals surface area contributed by atoms with Crippen LogP contribution >= 0.6 is 0 Å². The fraction of sp³-hybridized carbons (Fsp3) is 0.353. The van der Waals surface area contributed by atoms with Gasteiger partial charge in [-0.1, -0.05) is 127 Å². The monoisotopic (exact) mass is 448 g/mol. The highest BCUT2D eigenvalue weighted by Gasteiger charge is 2.02. The summed E-state index contributed by atoms with van der Waals surface area (Å²) in [7, 11) is 0. The van der Waals surface area contributed by atoms with Crippen molar-refractivity contribution in [1.82, 2.24) is 0 Å². The average Bonchev–Trinajstić information content (AvgIpc) is 2.87. The predicted molar refractivity (Wildman–Crippen MR) is 154 cm³/mol. The molecule has 0 unspecified atom stereocenters. The smallest absolute Gasteiger partial charge is 0.0171 e. The standard InChI is InChI=1S/C22H14.C12H26/c1-2-6-16-10-20-14-22-12-18-8-4-3-7-17(18)11-21(22)13-19(20)9-15(16)5-1;1-3-5-7-9-11-12-10-8-6-4-2/h1-14H;3-12H2,1-2H3. The molecule has 0 aliphatic rings. The van der Waals surface area contributed by atoms with E-state index in [4.69, 9.17) is 0 Å². The van der Waals surface area contributed by atoms with E-state index in [-0.39, 0.29) is 0 Å². The minimum absolute atomic E-state index is 1.30. The van der Waals surface area contributed by atoms with Crippen LogP contribution in [0.15, 0.2) is 84.9 Å². The topological polar surface area (TPSA) is 0 Å². The van der Waals surface area contributed by atoms with Crippen molar-refractivity contribution in [2.24, 2.45) is 0 Å². The molecule has 0 aliphatic heterocycles. The molecular formula is C34H40. The van der Waals surface area contributed by atoms with E-state index in [0.717, 1.165) is 0 Å². The van der Waals surface area contributed by atoms with Crippen LogP contribution in [0.5, 0.6) is 0 Å². The Balaban J connectivity index is 0.000000197. The maximum absolute atomic E-state index is 2.31. The molecule has 0 nitrogen and oxygen atoms in total. The summed E-state index contributed by atoms with van der Waals surface area (Å²) in [5.41, 5.74) is 0. The first-order chi connectivity index (χ1) is 16.8. The third kappa shape index (κ3) is 6.38. The maximum Gasteiger partial charge on any atom is -0.0171 e. The minimum Gasteiger partial charge on any atom is -0.0654 e. The molecule has 0 heterocycles. The fourth-order valence-electron chi connectivity index (χ4n) is 4.95. The number of rotatable bonds is 9. The Kier molecular flexibility index (Phi) is 8.97. The summed E-state index contributed by atoms with van der Waals surface area (Å²) in [5.74, 6) is 0. The normalized spacial score (nSPS) is 11.2. The second kappa shape index (κ2) is 12.6. The second-order valence-electron chi connectivity index (χ2n) is 9.77. The van der Waals surface area contributed by atoms with Gasteiger partial charge in [-0.3, -0.25) is 0 Å². The molecule has 0 spiro atoms. The molecule has 5 aromatic carbocycles. The van der Waals surface area contributed by atoms with Crippen molar-refractivity contribution < 1.29 is 0 Å². The van der Waals surface area contributed by atoms with Crippen molar-refractivity contribution in [3.63, 3.8) is 0 Å². The van der Waals surface area contributed by atoms with E-state index in [1.54, 1.807) is 0 Å². The Labute approximate surface area is 206 Å². The zero-order chi connectivity index (χ0) is 23.6. The molecule has 0 saturated carbocycles. The van der Waals surface area contributed by atoms with Crippen LogP contribution in [0.1, 0.15) is 78.1 Å². The molecule has 5 rings (SSSR count). The first-order valence-electron chi connectivity index (χ1n) is 13.5. The van der Waals surface area contributed by atoms with E-state index >= 15 is 0 Å². The van der Waals surface area contributed by atoms with Gasteiger partial charge >= 0.3 is 0 Å². The van der Waals surface area contributed by atoms with E-state index in [2.05, 4.69) is 98.8 Å². The van der Waals surface area contributed by atoms with E-state index in [1.807, 2.05) is 0 Å². The average molecular weight is 449 g/mol. The van der Waals surface area contributed by atoms with Gasteiger partial charge in [-0.25, -0.2) is 0 Å². The van der Waals surface area contributed by atoms with Crippen LogP contribution in [0, 0.1) is 0 Å². The Morgan fingerprint density at radius 3 is 0.824 bits per heavy atom. The number of unbranched alkanes of at least 4 members (excludes halogenated alkanes) is 9. The molecule has 0 amide bonds. The highest BCUT2D eigenvalue weighted by atomic mass is 14.1. The van der Waals surface area contributed by atoms with Crippen LogP contribution in [-0.2, 0) is 0 Å². The van der Waals surface area contributed by atoms with Crippen molar-refractivity contribution in [1.29, 1.82) is 0 Å². The molecule has 0 fully saturated rings. The number of benzene rings is 5. The summed E-state index contributed by atoms with van der Waals surface area (Å²) in [4.78, 5) is 0. The van der Waals surface area contributed by atoms with Gasteiger partial charge in [0.1, 0.15) is 0 Å². The summed E-state index contributed by atoms with van der Waals surface area (Å²) in [6.07, 6.45) is 14.4. The molecule has 5 aromatic rings. The van der Waals surface area contributed by atoms with Crippen LogP contribution in [0.25, 0.3) is 43.1 Å². The molecule has 0 bridgehead atoms. The molecule has 0 aliphatic carbocycles. The molecule has 0 atom stereocenters. The van der Waals surface area contributed by atoms with Crippen LogP contribution in [0.3, 0.4) is 0 Å². The zero-order valence-electron chi connectivity index (χ0n) is 21.2. The number of hydrogen-bond acceptors (Lipinski definition) is 0. The van der Waals surface area contributed by atoms with Crippen LogP contribution in [0.4, 0.5) is 0 Å². The zero-order valence-corrected chi connectivity index (χ0v) is 21.2. The van der Waals surface area contributed by atoms with Gasteiger partial charge in [-0.2, -0.15) is 0 Å². The van der Waals surface area contributed by atoms with Crippen molar-refractivity contribution in [3.8, 4) is 0 Å². The minimum atomic E-state index is 1.30. The van der Waals surface area contributed by atoms with Crippen LogP contribution in [0.2, 0.25) is 0 Å². The van der Waals surface area contributed by atoms with Gasteiger partial charge in [0.15, 0.2) is 0 Å². The van der Waals surface area contributed by atoms with Gasteiger partial charge in [-0.15, -0.1) is 0 Å². The molecular weight excluding hydrogens is 408 g/mol. The molecule has 34 heavy (non-hydrogen) atoms. The summed E-state index contributed by atoms with van der Waals surface area (Å²) >= 11 is 0. The summed E-state index contributed by atoms with van der Waals surface area (Å²) in [5, 5.41) is 10.4. The lowest BCUT2D eigenvalue weighted by molar-refractivity contribution is 0.562. The maximum atomic E-state index is 2.31. The van der Waals surface area contributed by atoms with Crippen molar-refractivity contribution in [2.45, 2.75) is 78.1 Å². The SMILES string of the molecule is CCCCCCCCCCCC.c1ccc2cc3cc4cc5ccccc5cc4cc3cc2c1. The van der Waals surface area contributed by atoms with Gasteiger partial charge in [0.2, 0.25) is 0 Å². The molecule has 0 aromatic heterocycles. The molecule has 0 radical (unpaired) electrons. The van der Waals surface area contributed by atoms with E-state index in [1.165, 1.54) is 107 Å². The Hall–Kier alpha value is -2.86. The quantitative estimate of drug-likeness (QED) is 0.155. The van der Waals surface area contributed by atoms with Crippen LogP contribution in [-0.4, -0.2) is 0 Å². The van der Waals surface area contributed by atoms with E-state index in [0.29, 0.717) is 0 Å². The van der Waals surface area contributed by atoms with Gasteiger partial charge < -0.3 is 0 Å². The first-order valence-corrected chi connectivity index (χ1v) is 13.5. The van der Waals surface area contributed by atoms with Gasteiger partial charge in [0.25, 0.3) is 0 Å². The van der Waals surface area contributed by atoms with Crippen molar-refractivity contribution in [2.75, 3.05) is 0 Å². The van der Waals surface area contributed by atoms with Gasteiger partial charge in [0.05, 0.1) is 0 Å². The van der Waals surface area contributed by atoms with Crippen LogP contribution < -0.4 is 0 Å². The molecule has 0 saturated heterocycles. The predicted octanol–water partition coefficient (Wildman–Crippen LogP) is 11.2. The summed E-state index contributed by atoms with van der Waals surface area (Å²) in [6, 6.07) is 30.9. The lowest BCUT2D eigenvalue weighted by atomic mass is 9.97. The Morgan fingerprint density at radius 1 is 0.324 bits per heavy atom. The molecule has 176 valence electrons. The first kappa shape index (κ1) is 24.3. The lowest BCUT2D eigenvalue weighted by Crippen LogP contribution is -1.80. The number of hydrogen-bond donors (Lipinski definition) is 0.